The summed E-state index contributed by atoms with van der Waals surface area (Å²) in [6, 6.07) is 9.96. The standard InChI is InChI=1S/C15H16ClN/c1-15(2,3)13-8-9-17-10-12(13)11-6-4-5-7-14(11)16/h4-10H,1-3H3. The molecule has 0 spiro atoms. The van der Waals surface area contributed by atoms with E-state index in [-0.39, 0.29) is 5.41 Å². The van der Waals surface area contributed by atoms with E-state index in [0.29, 0.717) is 0 Å². The van der Waals surface area contributed by atoms with Crippen molar-refractivity contribution in [2.75, 3.05) is 0 Å². The zero-order valence-corrected chi connectivity index (χ0v) is 11.1. The zero-order valence-electron chi connectivity index (χ0n) is 10.4. The van der Waals surface area contributed by atoms with Crippen molar-refractivity contribution in [1.29, 1.82) is 0 Å². The molecular formula is C15H16ClN. The van der Waals surface area contributed by atoms with Crippen LogP contribution in [-0.2, 0) is 5.41 Å². The van der Waals surface area contributed by atoms with Crippen molar-refractivity contribution < 1.29 is 0 Å². The van der Waals surface area contributed by atoms with Crippen LogP contribution >= 0.6 is 11.6 Å². The molecule has 2 rings (SSSR count). The van der Waals surface area contributed by atoms with E-state index in [9.17, 15) is 0 Å². The van der Waals surface area contributed by atoms with Gasteiger partial charge in [-0.15, -0.1) is 0 Å². The fourth-order valence-corrected chi connectivity index (χ4v) is 2.18. The van der Waals surface area contributed by atoms with Gasteiger partial charge < -0.3 is 0 Å². The van der Waals surface area contributed by atoms with E-state index in [1.54, 1.807) is 0 Å². The van der Waals surface area contributed by atoms with E-state index >= 15 is 0 Å². The molecule has 0 atom stereocenters. The molecule has 0 amide bonds. The molecule has 17 heavy (non-hydrogen) atoms. The Bertz CT molecular complexity index is 526. The van der Waals surface area contributed by atoms with Gasteiger partial charge >= 0.3 is 0 Å². The average molecular weight is 246 g/mol. The van der Waals surface area contributed by atoms with Crippen LogP contribution in [0, 0.1) is 0 Å². The molecule has 1 nitrogen and oxygen atoms in total. The maximum Gasteiger partial charge on any atom is 0.0485 e. The van der Waals surface area contributed by atoms with Crippen LogP contribution in [0.1, 0.15) is 26.3 Å². The lowest BCUT2D eigenvalue weighted by Crippen LogP contribution is -2.12. The smallest absolute Gasteiger partial charge is 0.0485 e. The minimum absolute atomic E-state index is 0.0808. The molecule has 0 unspecified atom stereocenters. The maximum absolute atomic E-state index is 6.25. The van der Waals surface area contributed by atoms with Crippen LogP contribution in [0.5, 0.6) is 0 Å². The topological polar surface area (TPSA) is 12.9 Å². The van der Waals surface area contributed by atoms with Gasteiger partial charge in [-0.3, -0.25) is 4.98 Å². The molecule has 0 bridgehead atoms. The first-order chi connectivity index (χ1) is 8.00. The van der Waals surface area contributed by atoms with Crippen LogP contribution in [-0.4, -0.2) is 4.98 Å². The molecule has 0 saturated carbocycles. The number of aromatic nitrogens is 1. The Morgan fingerprint density at radius 2 is 1.71 bits per heavy atom. The predicted octanol–water partition coefficient (Wildman–Crippen LogP) is 4.70. The lowest BCUT2D eigenvalue weighted by atomic mass is 9.83. The molecule has 0 aliphatic carbocycles. The van der Waals surface area contributed by atoms with Crippen LogP contribution in [0.3, 0.4) is 0 Å². The van der Waals surface area contributed by atoms with Gasteiger partial charge in [-0.2, -0.15) is 0 Å². The van der Waals surface area contributed by atoms with E-state index in [4.69, 9.17) is 11.6 Å². The van der Waals surface area contributed by atoms with E-state index in [0.717, 1.165) is 16.1 Å². The van der Waals surface area contributed by atoms with Gasteiger partial charge in [-0.25, -0.2) is 0 Å². The Hall–Kier alpha value is -1.34. The number of pyridine rings is 1. The number of halogens is 1. The van der Waals surface area contributed by atoms with E-state index in [1.165, 1.54) is 5.56 Å². The quantitative estimate of drug-likeness (QED) is 0.710. The minimum Gasteiger partial charge on any atom is -0.264 e. The molecule has 88 valence electrons. The lowest BCUT2D eigenvalue weighted by Gasteiger charge is -2.22. The fraction of sp³-hybridized carbons (Fsp3) is 0.267. The van der Waals surface area contributed by atoms with Crippen LogP contribution < -0.4 is 0 Å². The Labute approximate surface area is 107 Å². The molecule has 2 heteroatoms. The second kappa shape index (κ2) is 4.50. The Morgan fingerprint density at radius 3 is 2.35 bits per heavy atom. The van der Waals surface area contributed by atoms with E-state index in [1.807, 2.05) is 36.7 Å². The summed E-state index contributed by atoms with van der Waals surface area (Å²) in [6.07, 6.45) is 3.72. The highest BCUT2D eigenvalue weighted by molar-refractivity contribution is 6.33. The average Bonchev–Trinajstić information content (AvgIpc) is 2.28. The van der Waals surface area contributed by atoms with Gasteiger partial charge in [0.25, 0.3) is 0 Å². The van der Waals surface area contributed by atoms with Gasteiger partial charge in [0.2, 0.25) is 0 Å². The van der Waals surface area contributed by atoms with Gasteiger partial charge in [-0.1, -0.05) is 50.6 Å². The number of rotatable bonds is 1. The summed E-state index contributed by atoms with van der Waals surface area (Å²) in [5.74, 6) is 0. The molecule has 0 aliphatic rings. The molecule has 1 aromatic heterocycles. The van der Waals surface area contributed by atoms with Crippen molar-refractivity contribution in [1.82, 2.24) is 4.98 Å². The monoisotopic (exact) mass is 245 g/mol. The molecule has 0 radical (unpaired) electrons. The van der Waals surface area contributed by atoms with Crippen molar-refractivity contribution in [3.8, 4) is 11.1 Å². The SMILES string of the molecule is CC(C)(C)c1ccncc1-c1ccccc1Cl. The first-order valence-electron chi connectivity index (χ1n) is 5.69. The Kier molecular flexibility index (Phi) is 3.21. The normalized spacial score (nSPS) is 11.5. The second-order valence-electron chi connectivity index (χ2n) is 5.15. The summed E-state index contributed by atoms with van der Waals surface area (Å²) in [7, 11) is 0. The lowest BCUT2D eigenvalue weighted by molar-refractivity contribution is 0.591. The number of hydrogen-bond donors (Lipinski definition) is 0. The molecule has 0 saturated heterocycles. The largest absolute Gasteiger partial charge is 0.264 e. The van der Waals surface area contributed by atoms with Crippen molar-refractivity contribution in [3.63, 3.8) is 0 Å². The maximum atomic E-state index is 6.25. The third kappa shape index (κ3) is 2.50. The molecular weight excluding hydrogens is 230 g/mol. The Balaban J connectivity index is 2.65. The molecule has 2 aromatic rings. The van der Waals surface area contributed by atoms with Gasteiger partial charge in [0.15, 0.2) is 0 Å². The highest BCUT2D eigenvalue weighted by Crippen LogP contribution is 2.35. The third-order valence-corrected chi connectivity index (χ3v) is 3.12. The summed E-state index contributed by atoms with van der Waals surface area (Å²) < 4.78 is 0. The van der Waals surface area contributed by atoms with Gasteiger partial charge in [0.1, 0.15) is 0 Å². The number of nitrogens with zero attached hydrogens (tertiary/aromatic N) is 1. The molecule has 0 aliphatic heterocycles. The highest BCUT2D eigenvalue weighted by atomic mass is 35.5. The van der Waals surface area contributed by atoms with Gasteiger partial charge in [0, 0.05) is 28.5 Å². The molecule has 1 aromatic carbocycles. The van der Waals surface area contributed by atoms with Crippen molar-refractivity contribution in [2.45, 2.75) is 26.2 Å². The summed E-state index contributed by atoms with van der Waals surface area (Å²) in [4.78, 5) is 4.22. The third-order valence-electron chi connectivity index (χ3n) is 2.79. The van der Waals surface area contributed by atoms with Crippen molar-refractivity contribution in [3.05, 3.63) is 53.3 Å². The minimum atomic E-state index is 0.0808. The first kappa shape index (κ1) is 12.1. The van der Waals surface area contributed by atoms with E-state index < -0.39 is 0 Å². The van der Waals surface area contributed by atoms with Crippen LogP contribution in [0.25, 0.3) is 11.1 Å². The fourth-order valence-electron chi connectivity index (χ4n) is 1.94. The summed E-state index contributed by atoms with van der Waals surface area (Å²) in [6.45, 7) is 6.59. The first-order valence-corrected chi connectivity index (χ1v) is 6.07. The van der Waals surface area contributed by atoms with Gasteiger partial charge in [-0.05, 0) is 23.1 Å². The van der Waals surface area contributed by atoms with Crippen LogP contribution in [0.2, 0.25) is 5.02 Å². The summed E-state index contributed by atoms with van der Waals surface area (Å²) >= 11 is 6.25. The Morgan fingerprint density at radius 1 is 1.00 bits per heavy atom. The molecule has 0 fully saturated rings. The zero-order chi connectivity index (χ0) is 12.5. The number of benzene rings is 1. The molecule has 0 N–H and O–H groups in total. The molecule has 1 heterocycles. The van der Waals surface area contributed by atoms with Crippen LogP contribution in [0.15, 0.2) is 42.7 Å². The van der Waals surface area contributed by atoms with Gasteiger partial charge in [0.05, 0.1) is 0 Å². The van der Waals surface area contributed by atoms with Crippen molar-refractivity contribution in [2.24, 2.45) is 0 Å². The number of hydrogen-bond acceptors (Lipinski definition) is 1. The second-order valence-corrected chi connectivity index (χ2v) is 5.56. The van der Waals surface area contributed by atoms with Crippen LogP contribution in [0.4, 0.5) is 0 Å². The predicted molar refractivity (Wildman–Crippen MR) is 73.4 cm³/mol. The summed E-state index contributed by atoms with van der Waals surface area (Å²) in [5.41, 5.74) is 3.51. The van der Waals surface area contributed by atoms with Crippen molar-refractivity contribution >= 4 is 11.6 Å². The summed E-state index contributed by atoms with van der Waals surface area (Å²) in [5, 5.41) is 0.769. The highest BCUT2D eigenvalue weighted by Gasteiger charge is 2.19. The van der Waals surface area contributed by atoms with E-state index in [2.05, 4.69) is 31.8 Å².